The number of methoxy groups -OCH3 is 1. The molecule has 0 aromatic heterocycles. The molecule has 0 aliphatic heterocycles. The van der Waals surface area contributed by atoms with Crippen molar-refractivity contribution in [3.63, 3.8) is 0 Å². The van der Waals surface area contributed by atoms with Crippen molar-refractivity contribution < 1.29 is 14.6 Å². The lowest BCUT2D eigenvalue weighted by Gasteiger charge is -2.18. The van der Waals surface area contributed by atoms with Crippen molar-refractivity contribution in [3.8, 4) is 11.5 Å². The van der Waals surface area contributed by atoms with E-state index in [0.717, 1.165) is 29.1 Å². The van der Waals surface area contributed by atoms with E-state index < -0.39 is 0 Å². The van der Waals surface area contributed by atoms with E-state index in [-0.39, 0.29) is 12.6 Å². The molecular formula is C20H28N2O3. The van der Waals surface area contributed by atoms with E-state index >= 15 is 0 Å². The predicted octanol–water partition coefficient (Wildman–Crippen LogP) is 3.30. The monoisotopic (exact) mass is 344 g/mol. The zero-order chi connectivity index (χ0) is 18.2. The summed E-state index contributed by atoms with van der Waals surface area (Å²) < 4.78 is 11.0. The summed E-state index contributed by atoms with van der Waals surface area (Å²) in [7, 11) is 5.66. The van der Waals surface area contributed by atoms with Crippen LogP contribution < -0.4 is 14.8 Å². The molecule has 0 saturated heterocycles. The van der Waals surface area contributed by atoms with Gasteiger partial charge >= 0.3 is 0 Å². The van der Waals surface area contributed by atoms with Gasteiger partial charge in [0.25, 0.3) is 0 Å². The number of benzene rings is 2. The maximum atomic E-state index is 9.46. The van der Waals surface area contributed by atoms with Crippen molar-refractivity contribution in [1.82, 2.24) is 4.90 Å². The molecule has 0 aliphatic rings. The minimum absolute atomic E-state index is 0.0533. The summed E-state index contributed by atoms with van der Waals surface area (Å²) in [5, 5.41) is 12.9. The number of likely N-dealkylation sites (N-methyl/N-ethyl adjacent to an activating group) is 1. The first-order chi connectivity index (χ1) is 12.0. The quantitative estimate of drug-likeness (QED) is 0.731. The minimum Gasteiger partial charge on any atom is -0.496 e. The van der Waals surface area contributed by atoms with Gasteiger partial charge in [0.05, 0.1) is 13.7 Å². The molecule has 0 amide bonds. The van der Waals surface area contributed by atoms with Gasteiger partial charge in [-0.25, -0.2) is 0 Å². The topological polar surface area (TPSA) is 54.0 Å². The minimum atomic E-state index is -0.0533. The van der Waals surface area contributed by atoms with Gasteiger partial charge in [-0.3, -0.25) is 0 Å². The fourth-order valence-corrected chi connectivity index (χ4v) is 2.55. The van der Waals surface area contributed by atoms with E-state index in [1.807, 2.05) is 44.4 Å². The van der Waals surface area contributed by atoms with Crippen molar-refractivity contribution in [1.29, 1.82) is 0 Å². The molecule has 136 valence electrons. The number of hydrogen-bond acceptors (Lipinski definition) is 5. The first-order valence-electron chi connectivity index (χ1n) is 8.45. The highest BCUT2D eigenvalue weighted by atomic mass is 16.5. The van der Waals surface area contributed by atoms with Gasteiger partial charge < -0.3 is 24.8 Å². The van der Waals surface area contributed by atoms with Crippen molar-refractivity contribution in [2.45, 2.75) is 19.6 Å². The number of ether oxygens (including phenoxy) is 2. The molecule has 1 atom stereocenters. The lowest BCUT2D eigenvalue weighted by molar-refractivity contribution is 0.261. The van der Waals surface area contributed by atoms with Crippen LogP contribution in [0.1, 0.15) is 24.1 Å². The lowest BCUT2D eigenvalue weighted by Crippen LogP contribution is -2.19. The van der Waals surface area contributed by atoms with E-state index in [1.54, 1.807) is 7.11 Å². The van der Waals surface area contributed by atoms with Gasteiger partial charge in [-0.1, -0.05) is 12.1 Å². The summed E-state index contributed by atoms with van der Waals surface area (Å²) in [6.07, 6.45) is 0. The average Bonchev–Trinajstić information content (AvgIpc) is 2.61. The van der Waals surface area contributed by atoms with Crippen LogP contribution in [0.3, 0.4) is 0 Å². The van der Waals surface area contributed by atoms with Gasteiger partial charge in [0.15, 0.2) is 0 Å². The molecule has 0 aliphatic carbocycles. The molecule has 0 fully saturated rings. The van der Waals surface area contributed by atoms with E-state index in [1.165, 1.54) is 0 Å². The molecule has 0 radical (unpaired) electrons. The summed E-state index contributed by atoms with van der Waals surface area (Å²) >= 11 is 0. The molecule has 0 bridgehead atoms. The second-order valence-corrected chi connectivity index (χ2v) is 6.27. The van der Waals surface area contributed by atoms with Gasteiger partial charge in [-0.2, -0.15) is 0 Å². The van der Waals surface area contributed by atoms with Crippen LogP contribution in [0.2, 0.25) is 0 Å². The van der Waals surface area contributed by atoms with Crippen LogP contribution in [0.4, 0.5) is 5.69 Å². The van der Waals surface area contributed by atoms with Crippen LogP contribution in [-0.2, 0) is 6.61 Å². The van der Waals surface area contributed by atoms with Crippen molar-refractivity contribution in [3.05, 3.63) is 53.6 Å². The summed E-state index contributed by atoms with van der Waals surface area (Å²) in [6.45, 7) is 3.59. The molecular weight excluding hydrogens is 316 g/mol. The molecule has 0 spiro atoms. The van der Waals surface area contributed by atoms with Crippen LogP contribution in [0.25, 0.3) is 0 Å². The fourth-order valence-electron chi connectivity index (χ4n) is 2.55. The molecule has 5 nitrogen and oxygen atoms in total. The molecule has 0 heterocycles. The second kappa shape index (κ2) is 9.30. The zero-order valence-electron chi connectivity index (χ0n) is 15.5. The number of aliphatic hydroxyl groups is 1. The summed E-state index contributed by atoms with van der Waals surface area (Å²) in [5.74, 6) is 1.57. The molecule has 2 aromatic rings. The number of aliphatic hydroxyl groups excluding tert-OH is 1. The van der Waals surface area contributed by atoms with Crippen LogP contribution in [0, 0.1) is 0 Å². The molecule has 2 N–H and O–H groups in total. The van der Waals surface area contributed by atoms with E-state index in [0.29, 0.717) is 12.4 Å². The maximum absolute atomic E-state index is 9.46. The van der Waals surface area contributed by atoms with Gasteiger partial charge in [0.1, 0.15) is 18.1 Å². The smallest absolute Gasteiger partial charge is 0.124 e. The average molecular weight is 344 g/mol. The van der Waals surface area contributed by atoms with Gasteiger partial charge in [-0.05, 0) is 56.9 Å². The third-order valence-corrected chi connectivity index (χ3v) is 4.00. The van der Waals surface area contributed by atoms with Crippen LogP contribution in [0.5, 0.6) is 11.5 Å². The number of nitrogens with zero attached hydrogens (tertiary/aromatic N) is 1. The highest BCUT2D eigenvalue weighted by Gasteiger charge is 2.09. The van der Waals surface area contributed by atoms with Gasteiger partial charge in [-0.15, -0.1) is 0 Å². The third-order valence-electron chi connectivity index (χ3n) is 4.00. The molecule has 5 heteroatoms. The number of hydrogen-bond donors (Lipinski definition) is 2. The molecule has 1 unspecified atom stereocenters. The second-order valence-electron chi connectivity index (χ2n) is 6.27. The first-order valence-corrected chi connectivity index (χ1v) is 8.45. The Morgan fingerprint density at radius 3 is 2.64 bits per heavy atom. The number of anilines is 1. The van der Waals surface area contributed by atoms with Gasteiger partial charge in [0.2, 0.25) is 0 Å². The Hall–Kier alpha value is -2.24. The Kier molecular flexibility index (Phi) is 7.10. The molecule has 2 aromatic carbocycles. The van der Waals surface area contributed by atoms with E-state index in [2.05, 4.69) is 29.3 Å². The van der Waals surface area contributed by atoms with Gasteiger partial charge in [0, 0.05) is 23.8 Å². The lowest BCUT2D eigenvalue weighted by atomic mass is 10.1. The van der Waals surface area contributed by atoms with E-state index in [9.17, 15) is 5.11 Å². The molecule has 2 rings (SSSR count). The Morgan fingerprint density at radius 2 is 1.96 bits per heavy atom. The fraction of sp³-hybridized carbons (Fsp3) is 0.400. The Labute approximate surface area is 150 Å². The molecule has 0 saturated carbocycles. The highest BCUT2D eigenvalue weighted by molar-refractivity contribution is 5.52. The standard InChI is InChI=1S/C20H28N2O3/c1-15(21-18-8-9-20(24-4)17(12-18)14-23)16-6-5-7-19(13-16)25-11-10-22(2)3/h5-9,12-13,15,21,23H,10-11,14H2,1-4H3. The summed E-state index contributed by atoms with van der Waals surface area (Å²) in [5.41, 5.74) is 2.85. The normalized spacial score (nSPS) is 12.1. The Bertz CT molecular complexity index is 674. The SMILES string of the molecule is COc1ccc(NC(C)c2cccc(OCCN(C)C)c2)cc1CO. The molecule has 25 heavy (non-hydrogen) atoms. The van der Waals surface area contributed by atoms with Crippen molar-refractivity contribution in [2.24, 2.45) is 0 Å². The summed E-state index contributed by atoms with van der Waals surface area (Å²) in [4.78, 5) is 2.09. The third kappa shape index (κ3) is 5.66. The number of nitrogens with one attached hydrogen (secondary N) is 1. The van der Waals surface area contributed by atoms with E-state index in [4.69, 9.17) is 9.47 Å². The Morgan fingerprint density at radius 1 is 1.16 bits per heavy atom. The maximum Gasteiger partial charge on any atom is 0.124 e. The Balaban J connectivity index is 2.04. The van der Waals surface area contributed by atoms with Crippen LogP contribution >= 0.6 is 0 Å². The first kappa shape index (κ1) is 19.1. The zero-order valence-corrected chi connectivity index (χ0v) is 15.5. The number of rotatable bonds is 9. The predicted molar refractivity (Wildman–Crippen MR) is 101 cm³/mol. The van der Waals surface area contributed by atoms with Crippen LogP contribution in [-0.4, -0.2) is 44.4 Å². The largest absolute Gasteiger partial charge is 0.496 e. The van der Waals surface area contributed by atoms with Crippen molar-refractivity contribution in [2.75, 3.05) is 39.7 Å². The van der Waals surface area contributed by atoms with Crippen LogP contribution in [0.15, 0.2) is 42.5 Å². The summed E-state index contributed by atoms with van der Waals surface area (Å²) in [6, 6.07) is 13.9. The highest BCUT2D eigenvalue weighted by Crippen LogP contribution is 2.27. The van der Waals surface area contributed by atoms with Crippen molar-refractivity contribution >= 4 is 5.69 Å².